The van der Waals surface area contributed by atoms with E-state index in [1.165, 1.54) is 4.88 Å². The topological polar surface area (TPSA) is 87.9 Å². The lowest BCUT2D eigenvalue weighted by Crippen LogP contribution is -2.28. The molecular weight excluding hydrogens is 326 g/mol. The van der Waals surface area contributed by atoms with Crippen molar-refractivity contribution in [3.05, 3.63) is 40.5 Å². The molecule has 4 rings (SSSR count). The molecule has 4 heterocycles. The third kappa shape index (κ3) is 2.73. The predicted octanol–water partition coefficient (Wildman–Crippen LogP) is 2.77. The molecule has 0 radical (unpaired) electrons. The molecule has 0 aliphatic carbocycles. The summed E-state index contributed by atoms with van der Waals surface area (Å²) in [5, 5.41) is 11.0. The minimum atomic E-state index is -0.0653. The normalized spacial score (nSPS) is 17.6. The molecule has 124 valence electrons. The molecule has 0 aromatic carbocycles. The molecule has 0 saturated carbocycles. The van der Waals surface area contributed by atoms with E-state index in [1.54, 1.807) is 23.2 Å². The van der Waals surface area contributed by atoms with Crippen LogP contribution in [0.2, 0.25) is 0 Å². The molecular formula is C16H17N5O2S. The number of aromatic amines is 1. The first kappa shape index (κ1) is 15.1. The predicted molar refractivity (Wildman–Crippen MR) is 88.9 cm³/mol. The molecule has 1 aliphatic rings. The minimum absolute atomic E-state index is 0.0653. The molecule has 1 saturated heterocycles. The molecule has 0 bridgehead atoms. The van der Waals surface area contributed by atoms with Crippen molar-refractivity contribution in [1.82, 2.24) is 25.2 Å². The summed E-state index contributed by atoms with van der Waals surface area (Å²) >= 11 is 1.67. The average Bonchev–Trinajstić information content (AvgIpc) is 3.33. The van der Waals surface area contributed by atoms with Crippen LogP contribution in [0.4, 0.5) is 0 Å². The zero-order valence-electron chi connectivity index (χ0n) is 13.4. The Labute approximate surface area is 142 Å². The summed E-state index contributed by atoms with van der Waals surface area (Å²) in [6.07, 6.45) is 0.828. The Morgan fingerprint density at radius 3 is 3.00 bits per heavy atom. The third-order valence-electron chi connectivity index (χ3n) is 4.17. The summed E-state index contributed by atoms with van der Waals surface area (Å²) in [5.74, 6) is 1.27. The summed E-state index contributed by atoms with van der Waals surface area (Å²) in [6, 6.07) is 5.91. The number of aromatic nitrogens is 4. The highest BCUT2D eigenvalue weighted by molar-refractivity contribution is 7.15. The number of H-pyrrole nitrogens is 1. The van der Waals surface area contributed by atoms with E-state index < -0.39 is 0 Å². The molecule has 3 aromatic rings. The molecule has 1 fully saturated rings. The lowest BCUT2D eigenvalue weighted by molar-refractivity contribution is 0.0783. The monoisotopic (exact) mass is 343 g/mol. The van der Waals surface area contributed by atoms with Crippen LogP contribution in [0, 0.1) is 13.8 Å². The van der Waals surface area contributed by atoms with Crippen LogP contribution in [0.3, 0.4) is 0 Å². The number of carbonyl (C=O) groups excluding carboxylic acids is 1. The molecule has 7 nitrogen and oxygen atoms in total. The van der Waals surface area contributed by atoms with Crippen LogP contribution in [-0.2, 0) is 0 Å². The number of nitrogens with one attached hydrogen (secondary N) is 1. The van der Waals surface area contributed by atoms with Crippen LogP contribution in [-0.4, -0.2) is 44.2 Å². The maximum atomic E-state index is 12.7. The van der Waals surface area contributed by atoms with E-state index in [4.69, 9.17) is 4.52 Å². The largest absolute Gasteiger partial charge is 0.339 e. The van der Waals surface area contributed by atoms with E-state index in [1.807, 2.05) is 12.1 Å². The first-order valence-electron chi connectivity index (χ1n) is 7.82. The Balaban J connectivity index is 1.47. The molecule has 8 heteroatoms. The molecule has 0 spiro atoms. The Morgan fingerprint density at radius 1 is 1.42 bits per heavy atom. The number of thiophene rings is 1. The zero-order chi connectivity index (χ0) is 16.7. The first-order valence-corrected chi connectivity index (χ1v) is 8.63. The lowest BCUT2D eigenvalue weighted by Gasteiger charge is -2.13. The van der Waals surface area contributed by atoms with Gasteiger partial charge in [0.05, 0.1) is 16.5 Å². The van der Waals surface area contributed by atoms with Gasteiger partial charge < -0.3 is 9.42 Å². The number of amides is 1. The van der Waals surface area contributed by atoms with Gasteiger partial charge in [0.2, 0.25) is 5.89 Å². The number of hydrogen-bond acceptors (Lipinski definition) is 6. The fourth-order valence-electron chi connectivity index (χ4n) is 2.92. The minimum Gasteiger partial charge on any atom is -0.339 e. The van der Waals surface area contributed by atoms with E-state index in [2.05, 4.69) is 33.3 Å². The van der Waals surface area contributed by atoms with Crippen molar-refractivity contribution in [1.29, 1.82) is 0 Å². The lowest BCUT2D eigenvalue weighted by atomic mass is 10.1. The van der Waals surface area contributed by atoms with Gasteiger partial charge in [-0.05, 0) is 38.5 Å². The number of likely N-dealkylation sites (tertiary alicyclic amines) is 1. The fourth-order valence-corrected chi connectivity index (χ4v) is 3.76. The number of aryl methyl sites for hydroxylation is 2. The maximum absolute atomic E-state index is 12.7. The van der Waals surface area contributed by atoms with Gasteiger partial charge in [-0.25, -0.2) is 0 Å². The summed E-state index contributed by atoms with van der Waals surface area (Å²) in [4.78, 5) is 21.0. The zero-order valence-corrected chi connectivity index (χ0v) is 14.3. The quantitative estimate of drug-likeness (QED) is 0.790. The van der Waals surface area contributed by atoms with Gasteiger partial charge >= 0.3 is 0 Å². The fraction of sp³-hybridized carbons (Fsp3) is 0.375. The van der Waals surface area contributed by atoms with E-state index in [0.29, 0.717) is 30.5 Å². The maximum Gasteiger partial charge on any atom is 0.274 e. The van der Waals surface area contributed by atoms with Crippen LogP contribution >= 0.6 is 11.3 Å². The van der Waals surface area contributed by atoms with E-state index in [9.17, 15) is 4.79 Å². The Morgan fingerprint density at radius 2 is 2.29 bits per heavy atom. The highest BCUT2D eigenvalue weighted by atomic mass is 32.1. The van der Waals surface area contributed by atoms with Crippen LogP contribution in [0.5, 0.6) is 0 Å². The molecule has 3 aromatic heterocycles. The first-order chi connectivity index (χ1) is 11.6. The smallest absolute Gasteiger partial charge is 0.274 e. The molecule has 1 unspecified atom stereocenters. The number of hydrogen-bond donors (Lipinski definition) is 1. The Bertz CT molecular complexity index is 881. The third-order valence-corrected chi connectivity index (χ3v) is 5.20. The van der Waals surface area contributed by atoms with Crippen molar-refractivity contribution in [2.75, 3.05) is 13.1 Å². The van der Waals surface area contributed by atoms with Crippen molar-refractivity contribution in [2.45, 2.75) is 26.2 Å². The second-order valence-electron chi connectivity index (χ2n) is 5.99. The van der Waals surface area contributed by atoms with Gasteiger partial charge in [-0.2, -0.15) is 10.1 Å². The average molecular weight is 343 g/mol. The van der Waals surface area contributed by atoms with Crippen molar-refractivity contribution in [2.24, 2.45) is 0 Å². The van der Waals surface area contributed by atoms with Gasteiger partial charge in [-0.15, -0.1) is 11.3 Å². The molecule has 24 heavy (non-hydrogen) atoms. The molecule has 1 N–H and O–H groups in total. The molecule has 1 aliphatic heterocycles. The summed E-state index contributed by atoms with van der Waals surface area (Å²) in [6.45, 7) is 5.11. The van der Waals surface area contributed by atoms with Crippen LogP contribution < -0.4 is 0 Å². The van der Waals surface area contributed by atoms with Gasteiger partial charge in [0.15, 0.2) is 11.5 Å². The van der Waals surface area contributed by atoms with Crippen LogP contribution in [0.25, 0.3) is 10.6 Å². The summed E-state index contributed by atoms with van der Waals surface area (Å²) in [5.41, 5.74) is 1.32. The number of carbonyl (C=O) groups is 1. The highest BCUT2D eigenvalue weighted by Crippen LogP contribution is 2.29. The van der Waals surface area contributed by atoms with Gasteiger partial charge in [0.25, 0.3) is 5.91 Å². The van der Waals surface area contributed by atoms with E-state index >= 15 is 0 Å². The van der Waals surface area contributed by atoms with Gasteiger partial charge in [0.1, 0.15) is 0 Å². The SMILES string of the molecule is Cc1noc(C2CCN(C(=O)c3cc(-c4ccc(C)s4)[nH]n3)C2)n1. The Hall–Kier alpha value is -2.48. The van der Waals surface area contributed by atoms with E-state index in [-0.39, 0.29) is 11.8 Å². The van der Waals surface area contributed by atoms with Crippen LogP contribution in [0.15, 0.2) is 22.7 Å². The standard InChI is InChI=1S/C16H17N5O2S/c1-9-3-4-14(24-9)12-7-13(19-18-12)16(22)21-6-5-11(8-21)15-17-10(2)20-23-15/h3-4,7,11H,5-6,8H2,1-2H3,(H,18,19). The van der Waals surface area contributed by atoms with Gasteiger partial charge in [0, 0.05) is 18.0 Å². The van der Waals surface area contributed by atoms with Gasteiger partial charge in [-0.1, -0.05) is 5.16 Å². The van der Waals surface area contributed by atoms with Crippen molar-refractivity contribution < 1.29 is 9.32 Å². The van der Waals surface area contributed by atoms with Gasteiger partial charge in [-0.3, -0.25) is 9.89 Å². The molecule has 1 amide bonds. The summed E-state index contributed by atoms with van der Waals surface area (Å²) in [7, 11) is 0. The number of nitrogens with zero attached hydrogens (tertiary/aromatic N) is 4. The van der Waals surface area contributed by atoms with Crippen molar-refractivity contribution in [3.63, 3.8) is 0 Å². The number of rotatable bonds is 3. The second kappa shape index (κ2) is 5.86. The van der Waals surface area contributed by atoms with Crippen molar-refractivity contribution in [3.8, 4) is 10.6 Å². The summed E-state index contributed by atoms with van der Waals surface area (Å²) < 4.78 is 5.23. The van der Waals surface area contributed by atoms with Crippen LogP contribution in [0.1, 0.15) is 39.4 Å². The Kier molecular flexibility index (Phi) is 3.68. The van der Waals surface area contributed by atoms with Crippen molar-refractivity contribution >= 4 is 17.2 Å². The second-order valence-corrected chi connectivity index (χ2v) is 7.28. The van der Waals surface area contributed by atoms with E-state index in [0.717, 1.165) is 17.0 Å². The molecule has 1 atom stereocenters. The highest BCUT2D eigenvalue weighted by Gasteiger charge is 2.32.